The van der Waals surface area contributed by atoms with Gasteiger partial charge in [-0.15, -0.1) is 0 Å². The van der Waals surface area contributed by atoms with Gasteiger partial charge in [0, 0.05) is 30.9 Å². The van der Waals surface area contributed by atoms with E-state index < -0.39 is 53.6 Å². The zero-order valence-electron chi connectivity index (χ0n) is 24.7. The number of fused-ring (bicyclic) bond motifs is 1. The number of anilines is 3. The van der Waals surface area contributed by atoms with E-state index in [9.17, 15) is 37.1 Å². The Hall–Kier alpha value is -4.85. The molecular formula is C31H33F4N5O5. The van der Waals surface area contributed by atoms with Gasteiger partial charge in [-0.2, -0.15) is 13.2 Å². The van der Waals surface area contributed by atoms with Crippen molar-refractivity contribution in [3.63, 3.8) is 0 Å². The van der Waals surface area contributed by atoms with E-state index in [0.717, 1.165) is 24.3 Å². The summed E-state index contributed by atoms with van der Waals surface area (Å²) in [5, 5.41) is 17.7. The minimum Gasteiger partial charge on any atom is -0.485 e. The third-order valence-electron chi connectivity index (χ3n) is 7.31. The minimum absolute atomic E-state index is 0.0152. The van der Waals surface area contributed by atoms with Crippen LogP contribution in [0.1, 0.15) is 29.8 Å². The third-order valence-corrected chi connectivity index (χ3v) is 7.31. The molecule has 45 heavy (non-hydrogen) atoms. The Kier molecular flexibility index (Phi) is 10.2. The largest absolute Gasteiger partial charge is 0.485 e. The number of hydrogen-bond donors (Lipinski definition) is 4. The molecule has 4 N–H and O–H groups in total. The van der Waals surface area contributed by atoms with Crippen molar-refractivity contribution in [1.82, 2.24) is 9.80 Å². The number of para-hydroxylation sites is 1. The summed E-state index contributed by atoms with van der Waals surface area (Å²) < 4.78 is 58.4. The molecular weight excluding hydrogens is 598 g/mol. The SMILES string of the molecule is C[C@@H]1CN([C@@H](C)CO)C(=O)c2cccc(NC(=O)Nc3ccc(F)cc3)c2O[C@H]1CN(C)C(=O)Nc1ccc(C(F)(F)F)cc1. The quantitative estimate of drug-likeness (QED) is 0.243. The number of aliphatic hydroxyl groups excluding tert-OH is 1. The van der Waals surface area contributed by atoms with E-state index in [0.29, 0.717) is 5.69 Å². The Balaban J connectivity index is 1.58. The van der Waals surface area contributed by atoms with Gasteiger partial charge in [0.2, 0.25) is 0 Å². The van der Waals surface area contributed by atoms with Gasteiger partial charge in [-0.1, -0.05) is 13.0 Å². The Labute approximate surface area is 257 Å². The van der Waals surface area contributed by atoms with E-state index in [4.69, 9.17) is 4.74 Å². The molecule has 1 aliphatic rings. The van der Waals surface area contributed by atoms with Crippen molar-refractivity contribution in [2.24, 2.45) is 5.92 Å². The second-order valence-corrected chi connectivity index (χ2v) is 10.8. The zero-order valence-corrected chi connectivity index (χ0v) is 24.7. The van der Waals surface area contributed by atoms with E-state index >= 15 is 0 Å². The molecule has 0 aromatic heterocycles. The molecule has 1 aliphatic heterocycles. The van der Waals surface area contributed by atoms with Gasteiger partial charge in [-0.25, -0.2) is 14.0 Å². The van der Waals surface area contributed by atoms with Gasteiger partial charge >= 0.3 is 18.2 Å². The summed E-state index contributed by atoms with van der Waals surface area (Å²) in [7, 11) is 1.48. The number of alkyl halides is 3. The number of nitrogens with zero attached hydrogens (tertiary/aromatic N) is 2. The Morgan fingerprint density at radius 1 is 1.02 bits per heavy atom. The summed E-state index contributed by atoms with van der Waals surface area (Å²) in [4.78, 5) is 42.3. The molecule has 0 fully saturated rings. The first kappa shape index (κ1) is 33.1. The van der Waals surface area contributed by atoms with Crippen LogP contribution in [-0.4, -0.2) is 71.8 Å². The van der Waals surface area contributed by atoms with Gasteiger partial charge in [0.25, 0.3) is 5.91 Å². The molecule has 0 saturated carbocycles. The van der Waals surface area contributed by atoms with Crippen LogP contribution in [0.3, 0.4) is 0 Å². The smallest absolute Gasteiger partial charge is 0.416 e. The first-order valence-corrected chi connectivity index (χ1v) is 14.0. The van der Waals surface area contributed by atoms with Crippen LogP contribution in [0.5, 0.6) is 5.75 Å². The maximum Gasteiger partial charge on any atom is 0.416 e. The standard InChI is InChI=1S/C31H33F4N5O5/c1-18-15-40(19(2)17-41)28(42)24-5-4-6-25(38-29(43)36-22-13-9-21(32)10-14-22)27(24)45-26(18)16-39(3)30(44)37-23-11-7-20(8-12-23)31(33,34)35/h4-14,18-19,26,41H,15-17H2,1-3H3,(H,37,44)(H2,36,38,43)/t18-,19+,26+/m1/s1. The molecule has 10 nitrogen and oxygen atoms in total. The number of ether oxygens (including phenoxy) is 1. The van der Waals surface area contributed by atoms with Crippen molar-refractivity contribution in [2.75, 3.05) is 42.7 Å². The highest BCUT2D eigenvalue weighted by Crippen LogP contribution is 2.35. The third kappa shape index (κ3) is 8.20. The van der Waals surface area contributed by atoms with Crippen LogP contribution in [0.25, 0.3) is 0 Å². The van der Waals surface area contributed by atoms with Gasteiger partial charge in [0.05, 0.1) is 36.0 Å². The van der Waals surface area contributed by atoms with Crippen molar-refractivity contribution in [1.29, 1.82) is 0 Å². The molecule has 1 heterocycles. The van der Waals surface area contributed by atoms with Gasteiger partial charge in [-0.05, 0) is 67.6 Å². The van der Waals surface area contributed by atoms with Crippen LogP contribution in [0.4, 0.5) is 44.2 Å². The average Bonchev–Trinajstić information content (AvgIpc) is 2.99. The Morgan fingerprint density at radius 2 is 1.64 bits per heavy atom. The lowest BCUT2D eigenvalue weighted by atomic mass is 9.99. The van der Waals surface area contributed by atoms with Gasteiger partial charge in [-0.3, -0.25) is 4.79 Å². The second kappa shape index (κ2) is 13.8. The lowest BCUT2D eigenvalue weighted by molar-refractivity contribution is -0.137. The summed E-state index contributed by atoms with van der Waals surface area (Å²) >= 11 is 0. The molecule has 5 amide bonds. The maximum absolute atomic E-state index is 13.6. The van der Waals surface area contributed by atoms with E-state index in [-0.39, 0.29) is 42.4 Å². The van der Waals surface area contributed by atoms with Gasteiger partial charge in [0.15, 0.2) is 5.75 Å². The van der Waals surface area contributed by atoms with Gasteiger partial charge in [0.1, 0.15) is 11.9 Å². The van der Waals surface area contributed by atoms with Crippen molar-refractivity contribution in [3.8, 4) is 5.75 Å². The molecule has 0 unspecified atom stereocenters. The number of rotatable bonds is 7. The number of carbonyl (C=O) groups is 3. The summed E-state index contributed by atoms with van der Waals surface area (Å²) in [6.45, 7) is 3.33. The average molecular weight is 632 g/mol. The number of urea groups is 2. The number of nitrogens with one attached hydrogen (secondary N) is 3. The van der Waals surface area contributed by atoms with E-state index in [1.807, 2.05) is 0 Å². The monoisotopic (exact) mass is 631 g/mol. The second-order valence-electron chi connectivity index (χ2n) is 10.8. The lowest BCUT2D eigenvalue weighted by Crippen LogP contribution is -2.50. The minimum atomic E-state index is -4.51. The van der Waals surface area contributed by atoms with Crippen LogP contribution in [-0.2, 0) is 6.18 Å². The van der Waals surface area contributed by atoms with Crippen molar-refractivity contribution >= 4 is 35.0 Å². The predicted molar refractivity (Wildman–Crippen MR) is 160 cm³/mol. The molecule has 0 spiro atoms. The van der Waals surface area contributed by atoms with Crippen LogP contribution in [0.2, 0.25) is 0 Å². The van der Waals surface area contributed by atoms with E-state index in [1.165, 1.54) is 53.2 Å². The first-order valence-electron chi connectivity index (χ1n) is 14.0. The summed E-state index contributed by atoms with van der Waals surface area (Å²) in [5.41, 5.74) is -0.114. The fourth-order valence-corrected chi connectivity index (χ4v) is 4.69. The fraction of sp³-hybridized carbons (Fsp3) is 0.323. The van der Waals surface area contributed by atoms with Crippen molar-refractivity contribution < 1.29 is 41.8 Å². The highest BCUT2D eigenvalue weighted by molar-refractivity contribution is 6.04. The van der Waals surface area contributed by atoms with Crippen LogP contribution < -0.4 is 20.7 Å². The molecule has 3 atom stereocenters. The molecule has 0 bridgehead atoms. The molecule has 0 aliphatic carbocycles. The van der Waals surface area contributed by atoms with Gasteiger partial charge < -0.3 is 35.6 Å². The molecule has 3 aromatic rings. The molecule has 14 heteroatoms. The molecule has 0 saturated heterocycles. The molecule has 4 rings (SSSR count). The number of hydrogen-bond acceptors (Lipinski definition) is 5. The topological polar surface area (TPSA) is 123 Å². The van der Waals surface area contributed by atoms with E-state index in [2.05, 4.69) is 16.0 Å². The van der Waals surface area contributed by atoms with Crippen LogP contribution in [0.15, 0.2) is 66.7 Å². The predicted octanol–water partition coefficient (Wildman–Crippen LogP) is 5.87. The Morgan fingerprint density at radius 3 is 2.27 bits per heavy atom. The highest BCUT2D eigenvalue weighted by Gasteiger charge is 2.35. The number of halogens is 4. The summed E-state index contributed by atoms with van der Waals surface area (Å²) in [6.07, 6.45) is -5.25. The zero-order chi connectivity index (χ0) is 32.9. The molecule has 240 valence electrons. The summed E-state index contributed by atoms with van der Waals surface area (Å²) in [6, 6.07) is 11.9. The lowest BCUT2D eigenvalue weighted by Gasteiger charge is -2.38. The van der Waals surface area contributed by atoms with Crippen molar-refractivity contribution in [2.45, 2.75) is 32.2 Å². The number of benzene rings is 3. The maximum atomic E-state index is 13.6. The Bertz CT molecular complexity index is 1520. The number of aliphatic hydroxyl groups is 1. The van der Waals surface area contributed by atoms with Crippen molar-refractivity contribution in [3.05, 3.63) is 83.7 Å². The summed E-state index contributed by atoms with van der Waals surface area (Å²) in [5.74, 6) is -1.26. The van der Waals surface area contributed by atoms with Crippen LogP contribution in [0, 0.1) is 11.7 Å². The van der Waals surface area contributed by atoms with Crippen LogP contribution >= 0.6 is 0 Å². The molecule has 0 radical (unpaired) electrons. The normalized spacial score (nSPS) is 17.2. The molecule has 3 aromatic carbocycles. The number of likely N-dealkylation sites (N-methyl/N-ethyl adjacent to an activating group) is 1. The number of carbonyl (C=O) groups excluding carboxylic acids is 3. The van der Waals surface area contributed by atoms with E-state index in [1.54, 1.807) is 19.9 Å². The number of amides is 5. The fourth-order valence-electron chi connectivity index (χ4n) is 4.69. The highest BCUT2D eigenvalue weighted by atomic mass is 19.4. The first-order chi connectivity index (χ1) is 21.3.